The summed E-state index contributed by atoms with van der Waals surface area (Å²) in [5, 5.41) is 2.36. The SMILES string of the molecule is O=C(Nc1cc(N2CCOCC2)ccc1F)c1c(F)cccc1Cl. The molecule has 1 heterocycles. The second-order valence-electron chi connectivity index (χ2n) is 5.31. The van der Waals surface area contributed by atoms with Gasteiger partial charge in [0.25, 0.3) is 5.91 Å². The minimum absolute atomic E-state index is 0.0247. The Bertz CT molecular complexity index is 744. The first-order valence-electron chi connectivity index (χ1n) is 7.44. The zero-order valence-electron chi connectivity index (χ0n) is 12.7. The molecule has 1 N–H and O–H groups in total. The summed E-state index contributed by atoms with van der Waals surface area (Å²) in [5.41, 5.74) is 0.424. The molecular formula is C17H15ClF2N2O2. The molecule has 24 heavy (non-hydrogen) atoms. The molecule has 1 aliphatic heterocycles. The molecule has 0 unspecified atom stereocenters. The van der Waals surface area contributed by atoms with Gasteiger partial charge in [-0.25, -0.2) is 8.78 Å². The van der Waals surface area contributed by atoms with Gasteiger partial charge < -0.3 is 15.0 Å². The molecule has 4 nitrogen and oxygen atoms in total. The van der Waals surface area contributed by atoms with Crippen molar-refractivity contribution >= 4 is 28.9 Å². The number of benzene rings is 2. The van der Waals surface area contributed by atoms with Crippen LogP contribution in [0.15, 0.2) is 36.4 Å². The molecule has 1 aliphatic rings. The van der Waals surface area contributed by atoms with Gasteiger partial charge >= 0.3 is 0 Å². The lowest BCUT2D eigenvalue weighted by Gasteiger charge is -2.29. The number of morpholine rings is 1. The molecule has 0 atom stereocenters. The van der Waals surface area contributed by atoms with E-state index in [1.165, 1.54) is 24.3 Å². The zero-order chi connectivity index (χ0) is 17.1. The fourth-order valence-electron chi connectivity index (χ4n) is 2.53. The van der Waals surface area contributed by atoms with E-state index >= 15 is 0 Å². The first-order chi connectivity index (χ1) is 11.6. The molecular weight excluding hydrogens is 338 g/mol. The molecule has 1 fully saturated rings. The lowest BCUT2D eigenvalue weighted by atomic mass is 10.1. The molecule has 2 aromatic carbocycles. The summed E-state index contributed by atoms with van der Waals surface area (Å²) >= 11 is 5.87. The Kier molecular flexibility index (Phi) is 4.97. The second kappa shape index (κ2) is 7.15. The van der Waals surface area contributed by atoms with Crippen molar-refractivity contribution in [1.29, 1.82) is 0 Å². The summed E-state index contributed by atoms with van der Waals surface area (Å²) in [4.78, 5) is 14.3. The lowest BCUT2D eigenvalue weighted by Crippen LogP contribution is -2.36. The van der Waals surface area contributed by atoms with Crippen LogP contribution in [0.4, 0.5) is 20.2 Å². The maximum Gasteiger partial charge on any atom is 0.260 e. The highest BCUT2D eigenvalue weighted by molar-refractivity contribution is 6.34. The van der Waals surface area contributed by atoms with Crippen molar-refractivity contribution in [3.63, 3.8) is 0 Å². The van der Waals surface area contributed by atoms with Gasteiger partial charge in [0, 0.05) is 18.8 Å². The van der Waals surface area contributed by atoms with Gasteiger partial charge in [-0.15, -0.1) is 0 Å². The van der Waals surface area contributed by atoms with Gasteiger partial charge in [-0.1, -0.05) is 17.7 Å². The number of ether oxygens (including phenoxy) is 1. The Balaban J connectivity index is 1.85. The summed E-state index contributed by atoms with van der Waals surface area (Å²) < 4.78 is 33.1. The van der Waals surface area contributed by atoms with Crippen molar-refractivity contribution < 1.29 is 18.3 Å². The van der Waals surface area contributed by atoms with Crippen LogP contribution in [0.2, 0.25) is 5.02 Å². The van der Waals surface area contributed by atoms with Crippen LogP contribution < -0.4 is 10.2 Å². The predicted molar refractivity (Wildman–Crippen MR) is 88.8 cm³/mol. The molecule has 1 saturated heterocycles. The first-order valence-corrected chi connectivity index (χ1v) is 7.81. The summed E-state index contributed by atoms with van der Waals surface area (Å²) in [6.45, 7) is 2.53. The van der Waals surface area contributed by atoms with Gasteiger partial charge in [-0.05, 0) is 30.3 Å². The zero-order valence-corrected chi connectivity index (χ0v) is 13.4. The number of carbonyl (C=O) groups is 1. The second-order valence-corrected chi connectivity index (χ2v) is 5.72. The van der Waals surface area contributed by atoms with Crippen molar-refractivity contribution in [3.8, 4) is 0 Å². The summed E-state index contributed by atoms with van der Waals surface area (Å²) in [7, 11) is 0. The van der Waals surface area contributed by atoms with E-state index in [4.69, 9.17) is 16.3 Å². The van der Waals surface area contributed by atoms with Crippen LogP contribution in [-0.4, -0.2) is 32.2 Å². The maximum absolute atomic E-state index is 14.0. The molecule has 3 rings (SSSR count). The minimum atomic E-state index is -0.795. The van der Waals surface area contributed by atoms with E-state index < -0.39 is 17.5 Å². The Morgan fingerprint density at radius 2 is 1.88 bits per heavy atom. The number of halogens is 3. The van der Waals surface area contributed by atoms with Crippen molar-refractivity contribution in [3.05, 3.63) is 58.6 Å². The van der Waals surface area contributed by atoms with Crippen molar-refractivity contribution in [2.24, 2.45) is 0 Å². The Morgan fingerprint density at radius 1 is 1.12 bits per heavy atom. The van der Waals surface area contributed by atoms with E-state index in [-0.39, 0.29) is 16.3 Å². The molecule has 7 heteroatoms. The standard InChI is InChI=1S/C17H15ClF2N2O2/c18-12-2-1-3-14(20)16(12)17(23)21-15-10-11(4-5-13(15)19)22-6-8-24-9-7-22/h1-5,10H,6-9H2,(H,21,23). The third kappa shape index (κ3) is 3.49. The smallest absolute Gasteiger partial charge is 0.260 e. The highest BCUT2D eigenvalue weighted by Gasteiger charge is 2.19. The maximum atomic E-state index is 14.0. The number of hydrogen-bond acceptors (Lipinski definition) is 3. The fraction of sp³-hybridized carbons (Fsp3) is 0.235. The normalized spacial score (nSPS) is 14.5. The highest BCUT2D eigenvalue weighted by atomic mass is 35.5. The van der Waals surface area contributed by atoms with Gasteiger partial charge in [0.15, 0.2) is 0 Å². The Labute approximate surface area is 143 Å². The van der Waals surface area contributed by atoms with Crippen LogP contribution >= 0.6 is 11.6 Å². The van der Waals surface area contributed by atoms with E-state index in [1.807, 2.05) is 4.90 Å². The largest absolute Gasteiger partial charge is 0.378 e. The van der Waals surface area contributed by atoms with Crippen molar-refractivity contribution in [2.45, 2.75) is 0 Å². The average Bonchev–Trinajstić information content (AvgIpc) is 2.57. The van der Waals surface area contributed by atoms with Gasteiger partial charge in [-0.3, -0.25) is 4.79 Å². The number of carbonyl (C=O) groups excluding carboxylic acids is 1. The minimum Gasteiger partial charge on any atom is -0.378 e. The lowest BCUT2D eigenvalue weighted by molar-refractivity contribution is 0.102. The number of amides is 1. The van der Waals surface area contributed by atoms with Gasteiger partial charge in [0.1, 0.15) is 11.6 Å². The number of rotatable bonds is 3. The van der Waals surface area contributed by atoms with Crippen LogP contribution in [0.5, 0.6) is 0 Å². The molecule has 0 radical (unpaired) electrons. The summed E-state index contributed by atoms with van der Waals surface area (Å²) in [6, 6.07) is 8.35. The number of hydrogen-bond donors (Lipinski definition) is 1. The third-order valence-electron chi connectivity index (χ3n) is 3.76. The van der Waals surface area contributed by atoms with Crippen LogP contribution in [0.3, 0.4) is 0 Å². The highest BCUT2D eigenvalue weighted by Crippen LogP contribution is 2.26. The van der Waals surface area contributed by atoms with Crippen molar-refractivity contribution in [2.75, 3.05) is 36.5 Å². The van der Waals surface area contributed by atoms with E-state index in [1.54, 1.807) is 6.07 Å². The summed E-state index contributed by atoms with van der Waals surface area (Å²) in [5.74, 6) is -2.16. The molecule has 0 saturated carbocycles. The quantitative estimate of drug-likeness (QED) is 0.915. The van der Waals surface area contributed by atoms with Crippen LogP contribution in [0, 0.1) is 11.6 Å². The predicted octanol–water partition coefficient (Wildman–Crippen LogP) is 3.71. The molecule has 2 aromatic rings. The Morgan fingerprint density at radius 3 is 2.58 bits per heavy atom. The van der Waals surface area contributed by atoms with E-state index in [2.05, 4.69) is 5.32 Å². The van der Waals surface area contributed by atoms with E-state index in [0.717, 1.165) is 11.8 Å². The monoisotopic (exact) mass is 352 g/mol. The molecule has 0 aliphatic carbocycles. The van der Waals surface area contributed by atoms with Crippen LogP contribution in [0.1, 0.15) is 10.4 Å². The van der Waals surface area contributed by atoms with Gasteiger partial charge in [0.05, 0.1) is 29.5 Å². The molecule has 0 bridgehead atoms. The summed E-state index contributed by atoms with van der Waals surface area (Å²) in [6.07, 6.45) is 0. The fourth-order valence-corrected chi connectivity index (χ4v) is 2.78. The molecule has 126 valence electrons. The van der Waals surface area contributed by atoms with Crippen LogP contribution in [0.25, 0.3) is 0 Å². The third-order valence-corrected chi connectivity index (χ3v) is 4.08. The molecule has 0 aromatic heterocycles. The van der Waals surface area contributed by atoms with Crippen LogP contribution in [-0.2, 0) is 4.74 Å². The van der Waals surface area contributed by atoms with Crippen molar-refractivity contribution in [1.82, 2.24) is 0 Å². The average molecular weight is 353 g/mol. The number of nitrogens with zero attached hydrogens (tertiary/aromatic N) is 1. The van der Waals surface area contributed by atoms with Gasteiger partial charge in [0.2, 0.25) is 0 Å². The topological polar surface area (TPSA) is 41.6 Å². The first kappa shape index (κ1) is 16.7. The Hall–Kier alpha value is -2.18. The molecule has 0 spiro atoms. The van der Waals surface area contributed by atoms with Gasteiger partial charge in [-0.2, -0.15) is 0 Å². The van der Waals surface area contributed by atoms with E-state index in [9.17, 15) is 13.6 Å². The number of nitrogens with one attached hydrogen (secondary N) is 1. The van der Waals surface area contributed by atoms with E-state index in [0.29, 0.717) is 26.3 Å². The molecule has 1 amide bonds. The number of anilines is 2.